The van der Waals surface area contributed by atoms with Crippen LogP contribution in [0.2, 0.25) is 0 Å². The zero-order chi connectivity index (χ0) is 20.3. The van der Waals surface area contributed by atoms with Gasteiger partial charge in [0, 0.05) is 11.3 Å². The van der Waals surface area contributed by atoms with Gasteiger partial charge in [0.1, 0.15) is 0 Å². The number of rotatable bonds is 6. The van der Waals surface area contributed by atoms with Gasteiger partial charge in [0.2, 0.25) is 10.0 Å². The SMILES string of the molecule is CCOC(=O)c1cccc(NC(=O)c2ccc3nc(NS(C)(=O)=O)sc3c2)c1. The molecule has 0 radical (unpaired) electrons. The lowest BCUT2D eigenvalue weighted by Crippen LogP contribution is -2.12. The van der Waals surface area contributed by atoms with Gasteiger partial charge in [0.15, 0.2) is 5.13 Å². The number of hydrogen-bond donors (Lipinski definition) is 2. The number of carbonyl (C=O) groups excluding carboxylic acids is 2. The second-order valence-corrected chi connectivity index (χ2v) is 8.61. The van der Waals surface area contributed by atoms with Crippen LogP contribution in [0.5, 0.6) is 0 Å². The monoisotopic (exact) mass is 419 g/mol. The van der Waals surface area contributed by atoms with E-state index in [0.29, 0.717) is 27.0 Å². The molecule has 2 aromatic carbocycles. The Morgan fingerprint density at radius 1 is 1.14 bits per heavy atom. The molecule has 0 aliphatic heterocycles. The van der Waals surface area contributed by atoms with E-state index in [4.69, 9.17) is 4.74 Å². The van der Waals surface area contributed by atoms with Crippen molar-refractivity contribution in [3.05, 3.63) is 53.6 Å². The number of fused-ring (bicyclic) bond motifs is 1. The van der Waals surface area contributed by atoms with E-state index >= 15 is 0 Å². The minimum absolute atomic E-state index is 0.234. The zero-order valence-electron chi connectivity index (χ0n) is 15.1. The molecule has 1 heterocycles. The number of nitrogens with one attached hydrogen (secondary N) is 2. The van der Waals surface area contributed by atoms with Gasteiger partial charge in [0.25, 0.3) is 5.91 Å². The van der Waals surface area contributed by atoms with Crippen LogP contribution in [-0.4, -0.2) is 38.1 Å². The van der Waals surface area contributed by atoms with Crippen LogP contribution in [0.4, 0.5) is 10.8 Å². The van der Waals surface area contributed by atoms with Gasteiger partial charge >= 0.3 is 5.97 Å². The van der Waals surface area contributed by atoms with Gasteiger partial charge in [0.05, 0.1) is 28.6 Å². The molecule has 0 fully saturated rings. The lowest BCUT2D eigenvalue weighted by atomic mass is 10.1. The molecule has 3 rings (SSSR count). The van der Waals surface area contributed by atoms with E-state index in [1.54, 1.807) is 43.3 Å². The van der Waals surface area contributed by atoms with Crippen molar-refractivity contribution in [3.8, 4) is 0 Å². The van der Waals surface area contributed by atoms with E-state index in [0.717, 1.165) is 17.6 Å². The maximum Gasteiger partial charge on any atom is 0.338 e. The summed E-state index contributed by atoms with van der Waals surface area (Å²) in [6.07, 6.45) is 1.04. The van der Waals surface area contributed by atoms with Gasteiger partial charge in [-0.25, -0.2) is 18.2 Å². The van der Waals surface area contributed by atoms with Crippen LogP contribution in [0.1, 0.15) is 27.6 Å². The minimum atomic E-state index is -3.43. The molecule has 28 heavy (non-hydrogen) atoms. The molecule has 10 heteroatoms. The molecule has 1 aromatic heterocycles. The highest BCUT2D eigenvalue weighted by molar-refractivity contribution is 7.92. The minimum Gasteiger partial charge on any atom is -0.462 e. The first-order valence-electron chi connectivity index (χ1n) is 8.22. The average Bonchev–Trinajstić information content (AvgIpc) is 3.01. The number of sulfonamides is 1. The molecule has 1 amide bonds. The summed E-state index contributed by atoms with van der Waals surface area (Å²) in [5.74, 6) is -0.829. The number of anilines is 2. The Morgan fingerprint density at radius 3 is 2.64 bits per heavy atom. The van der Waals surface area contributed by atoms with Crippen LogP contribution < -0.4 is 10.0 Å². The highest BCUT2D eigenvalue weighted by atomic mass is 32.2. The lowest BCUT2D eigenvalue weighted by Gasteiger charge is -2.07. The Bertz CT molecular complexity index is 1150. The van der Waals surface area contributed by atoms with Crippen molar-refractivity contribution < 1.29 is 22.7 Å². The summed E-state index contributed by atoms with van der Waals surface area (Å²) in [4.78, 5) is 28.5. The Balaban J connectivity index is 1.80. The van der Waals surface area contributed by atoms with E-state index in [1.165, 1.54) is 6.07 Å². The maximum atomic E-state index is 12.5. The Labute approximate surface area is 165 Å². The third-order valence-electron chi connectivity index (χ3n) is 3.55. The summed E-state index contributed by atoms with van der Waals surface area (Å²) in [5, 5.41) is 2.96. The number of hydrogen-bond acceptors (Lipinski definition) is 7. The molecule has 8 nitrogen and oxygen atoms in total. The number of thiazole rings is 1. The number of benzene rings is 2. The Kier molecular flexibility index (Phi) is 5.61. The zero-order valence-corrected chi connectivity index (χ0v) is 16.7. The van der Waals surface area contributed by atoms with Crippen LogP contribution >= 0.6 is 11.3 Å². The van der Waals surface area contributed by atoms with Crippen molar-refractivity contribution in [2.45, 2.75) is 6.92 Å². The Hall–Kier alpha value is -2.98. The molecule has 2 N–H and O–H groups in total. The second-order valence-electron chi connectivity index (χ2n) is 5.83. The van der Waals surface area contributed by atoms with Crippen LogP contribution in [0.15, 0.2) is 42.5 Å². The van der Waals surface area contributed by atoms with Gasteiger partial charge in [-0.05, 0) is 43.3 Å². The number of amides is 1. The second kappa shape index (κ2) is 7.95. The molecular weight excluding hydrogens is 402 g/mol. The fraction of sp³-hybridized carbons (Fsp3) is 0.167. The lowest BCUT2D eigenvalue weighted by molar-refractivity contribution is 0.0526. The highest BCUT2D eigenvalue weighted by Crippen LogP contribution is 2.27. The quantitative estimate of drug-likeness (QED) is 0.594. The largest absolute Gasteiger partial charge is 0.462 e. The molecular formula is C18H17N3O5S2. The first kappa shape index (κ1) is 19.8. The normalized spacial score (nSPS) is 11.2. The van der Waals surface area contributed by atoms with Gasteiger partial charge in [-0.3, -0.25) is 9.52 Å². The average molecular weight is 419 g/mol. The summed E-state index contributed by atoms with van der Waals surface area (Å²) in [6, 6.07) is 11.3. The molecule has 0 bridgehead atoms. The fourth-order valence-corrected chi connectivity index (χ4v) is 4.15. The number of carbonyl (C=O) groups is 2. The summed E-state index contributed by atoms with van der Waals surface area (Å²) in [5.41, 5.74) is 1.76. The van der Waals surface area contributed by atoms with Gasteiger partial charge in [-0.1, -0.05) is 17.4 Å². The van der Waals surface area contributed by atoms with Gasteiger partial charge in [-0.2, -0.15) is 0 Å². The predicted octanol–water partition coefficient (Wildman–Crippen LogP) is 3.10. The van der Waals surface area contributed by atoms with Crippen molar-refractivity contribution in [1.82, 2.24) is 4.98 Å². The van der Waals surface area contributed by atoms with Crippen molar-refractivity contribution in [2.24, 2.45) is 0 Å². The third kappa shape index (κ3) is 4.84. The Morgan fingerprint density at radius 2 is 1.93 bits per heavy atom. The molecule has 0 atom stereocenters. The molecule has 0 aliphatic rings. The smallest absolute Gasteiger partial charge is 0.338 e. The van der Waals surface area contributed by atoms with Gasteiger partial charge in [-0.15, -0.1) is 0 Å². The van der Waals surface area contributed by atoms with Gasteiger partial charge < -0.3 is 10.1 Å². The molecule has 0 saturated heterocycles. The molecule has 146 valence electrons. The van der Waals surface area contributed by atoms with Crippen LogP contribution in [0, 0.1) is 0 Å². The molecule has 0 saturated carbocycles. The molecule has 0 spiro atoms. The van der Waals surface area contributed by atoms with Crippen molar-refractivity contribution in [1.29, 1.82) is 0 Å². The molecule has 3 aromatic rings. The summed E-state index contributed by atoms with van der Waals surface area (Å²) >= 11 is 1.13. The van der Waals surface area contributed by atoms with E-state index < -0.39 is 16.0 Å². The van der Waals surface area contributed by atoms with E-state index in [-0.39, 0.29) is 17.6 Å². The van der Waals surface area contributed by atoms with Crippen LogP contribution in [0.25, 0.3) is 10.2 Å². The summed E-state index contributed by atoms with van der Waals surface area (Å²) in [6.45, 7) is 1.98. The topological polar surface area (TPSA) is 114 Å². The summed E-state index contributed by atoms with van der Waals surface area (Å²) in [7, 11) is -3.43. The van der Waals surface area contributed by atoms with E-state index in [9.17, 15) is 18.0 Å². The first-order chi connectivity index (χ1) is 13.2. The molecule has 0 aliphatic carbocycles. The highest BCUT2D eigenvalue weighted by Gasteiger charge is 2.13. The van der Waals surface area contributed by atoms with Crippen molar-refractivity contribution in [2.75, 3.05) is 22.9 Å². The van der Waals surface area contributed by atoms with Crippen LogP contribution in [0.3, 0.4) is 0 Å². The number of esters is 1. The third-order valence-corrected chi connectivity index (χ3v) is 5.18. The van der Waals surface area contributed by atoms with Crippen LogP contribution in [-0.2, 0) is 14.8 Å². The van der Waals surface area contributed by atoms with Crippen molar-refractivity contribution in [3.63, 3.8) is 0 Å². The standard InChI is InChI=1S/C18H17N3O5S2/c1-3-26-17(23)12-5-4-6-13(9-12)19-16(22)11-7-8-14-15(10-11)27-18(20-14)21-28(2,24)25/h4-10H,3H2,1-2H3,(H,19,22)(H,20,21). The molecule has 0 unspecified atom stereocenters. The predicted molar refractivity (Wildman–Crippen MR) is 108 cm³/mol. The summed E-state index contributed by atoms with van der Waals surface area (Å²) < 4.78 is 30.6. The number of ether oxygens (including phenoxy) is 1. The maximum absolute atomic E-state index is 12.5. The number of aromatic nitrogens is 1. The first-order valence-corrected chi connectivity index (χ1v) is 10.9. The number of nitrogens with zero attached hydrogens (tertiary/aromatic N) is 1. The fourth-order valence-electron chi connectivity index (χ4n) is 2.41. The van der Waals surface area contributed by atoms with Crippen molar-refractivity contribution >= 4 is 54.3 Å². The van der Waals surface area contributed by atoms with E-state index in [1.807, 2.05) is 0 Å². The van der Waals surface area contributed by atoms with E-state index in [2.05, 4.69) is 15.0 Å².